The van der Waals surface area contributed by atoms with Crippen molar-refractivity contribution in [3.8, 4) is 5.88 Å². The first kappa shape index (κ1) is 15.1. The van der Waals surface area contributed by atoms with Gasteiger partial charge in [0.25, 0.3) is 0 Å². The van der Waals surface area contributed by atoms with Crippen LogP contribution in [-0.2, 0) is 0 Å². The molecule has 1 saturated heterocycles. The van der Waals surface area contributed by atoms with Gasteiger partial charge in [-0.3, -0.25) is 0 Å². The molecule has 114 valence electrons. The molecule has 0 aliphatic carbocycles. The molecule has 1 atom stereocenters. The van der Waals surface area contributed by atoms with Crippen LogP contribution < -0.4 is 15.0 Å². The van der Waals surface area contributed by atoms with Crippen molar-refractivity contribution >= 4 is 11.8 Å². The Morgan fingerprint density at radius 2 is 2.38 bits per heavy atom. The molecular weight excluding hydrogens is 270 g/mol. The maximum atomic E-state index is 11.8. The number of rotatable bonds is 5. The SMILES string of the molecule is C=CCNC(=O)N1CCC(Oc2ccc(N(C)C)nn2)C1. The first-order valence-corrected chi connectivity index (χ1v) is 6.91. The number of anilines is 1. The third-order valence-electron chi connectivity index (χ3n) is 3.20. The second-order valence-corrected chi connectivity index (χ2v) is 5.07. The second kappa shape index (κ2) is 6.92. The zero-order valence-electron chi connectivity index (χ0n) is 12.5. The number of carbonyl (C=O) groups excluding carboxylic acids is 1. The molecule has 2 rings (SSSR count). The number of aromatic nitrogens is 2. The van der Waals surface area contributed by atoms with Crippen molar-refractivity contribution in [3.63, 3.8) is 0 Å². The molecule has 1 aliphatic heterocycles. The van der Waals surface area contributed by atoms with Crippen LogP contribution in [0.4, 0.5) is 10.6 Å². The minimum Gasteiger partial charge on any atom is -0.471 e. The van der Waals surface area contributed by atoms with Crippen molar-refractivity contribution in [3.05, 3.63) is 24.8 Å². The van der Waals surface area contributed by atoms with Crippen LogP contribution in [0.2, 0.25) is 0 Å². The van der Waals surface area contributed by atoms with Gasteiger partial charge in [0.05, 0.1) is 6.54 Å². The molecule has 7 nitrogen and oxygen atoms in total. The van der Waals surface area contributed by atoms with E-state index in [1.807, 2.05) is 25.1 Å². The minimum absolute atomic E-state index is 0.0426. The van der Waals surface area contributed by atoms with E-state index in [9.17, 15) is 4.79 Å². The van der Waals surface area contributed by atoms with Gasteiger partial charge >= 0.3 is 6.03 Å². The summed E-state index contributed by atoms with van der Waals surface area (Å²) in [7, 11) is 3.81. The van der Waals surface area contributed by atoms with Crippen molar-refractivity contribution in [1.29, 1.82) is 0 Å². The van der Waals surface area contributed by atoms with E-state index in [0.717, 1.165) is 12.2 Å². The Bertz CT molecular complexity index is 489. The summed E-state index contributed by atoms with van der Waals surface area (Å²) < 4.78 is 5.76. The summed E-state index contributed by atoms with van der Waals surface area (Å²) in [5, 5.41) is 10.9. The van der Waals surface area contributed by atoms with E-state index in [2.05, 4.69) is 22.1 Å². The minimum atomic E-state index is -0.0879. The standard InChI is InChI=1S/C14H21N5O2/c1-4-8-15-14(20)19-9-7-11(10-19)21-13-6-5-12(16-17-13)18(2)3/h4-6,11H,1,7-10H2,2-3H3,(H,15,20). The summed E-state index contributed by atoms with van der Waals surface area (Å²) in [4.78, 5) is 15.4. The van der Waals surface area contributed by atoms with Crippen molar-refractivity contribution in [2.24, 2.45) is 0 Å². The Labute approximate surface area is 124 Å². The predicted molar refractivity (Wildman–Crippen MR) is 80.6 cm³/mol. The Kier molecular flexibility index (Phi) is 4.97. The van der Waals surface area contributed by atoms with Gasteiger partial charge in [-0.1, -0.05) is 6.08 Å². The highest BCUT2D eigenvalue weighted by Gasteiger charge is 2.27. The van der Waals surface area contributed by atoms with E-state index < -0.39 is 0 Å². The Balaban J connectivity index is 1.84. The topological polar surface area (TPSA) is 70.6 Å². The molecule has 2 heterocycles. The monoisotopic (exact) mass is 291 g/mol. The lowest BCUT2D eigenvalue weighted by Gasteiger charge is -2.17. The fourth-order valence-electron chi connectivity index (χ4n) is 2.07. The van der Waals surface area contributed by atoms with Crippen LogP contribution >= 0.6 is 0 Å². The van der Waals surface area contributed by atoms with E-state index in [1.54, 1.807) is 17.0 Å². The quantitative estimate of drug-likeness (QED) is 0.816. The number of nitrogens with one attached hydrogen (secondary N) is 1. The molecule has 1 fully saturated rings. The largest absolute Gasteiger partial charge is 0.471 e. The fraction of sp³-hybridized carbons (Fsp3) is 0.500. The van der Waals surface area contributed by atoms with E-state index in [0.29, 0.717) is 25.5 Å². The first-order valence-electron chi connectivity index (χ1n) is 6.91. The molecule has 0 radical (unpaired) electrons. The smallest absolute Gasteiger partial charge is 0.317 e. The second-order valence-electron chi connectivity index (χ2n) is 5.07. The normalized spacial score (nSPS) is 17.4. The van der Waals surface area contributed by atoms with Crippen LogP contribution in [0, 0.1) is 0 Å². The van der Waals surface area contributed by atoms with Crippen LogP contribution in [-0.4, -0.2) is 61.0 Å². The molecular formula is C14H21N5O2. The van der Waals surface area contributed by atoms with Gasteiger partial charge in [0, 0.05) is 39.7 Å². The molecule has 7 heteroatoms. The van der Waals surface area contributed by atoms with Gasteiger partial charge < -0.3 is 19.9 Å². The van der Waals surface area contributed by atoms with Crippen molar-refractivity contribution < 1.29 is 9.53 Å². The number of carbonyl (C=O) groups is 1. The van der Waals surface area contributed by atoms with Gasteiger partial charge in [0.1, 0.15) is 6.10 Å². The number of nitrogens with zero attached hydrogens (tertiary/aromatic N) is 4. The maximum absolute atomic E-state index is 11.8. The summed E-state index contributed by atoms with van der Waals surface area (Å²) in [6.45, 7) is 5.28. The molecule has 1 aromatic rings. The molecule has 0 aromatic carbocycles. The number of ether oxygens (including phenoxy) is 1. The zero-order chi connectivity index (χ0) is 15.2. The molecule has 0 bridgehead atoms. The van der Waals surface area contributed by atoms with Crippen LogP contribution in [0.5, 0.6) is 5.88 Å². The van der Waals surface area contributed by atoms with E-state index in [4.69, 9.17) is 4.74 Å². The van der Waals surface area contributed by atoms with Crippen LogP contribution in [0.25, 0.3) is 0 Å². The van der Waals surface area contributed by atoms with Crippen molar-refractivity contribution in [2.75, 3.05) is 38.6 Å². The average Bonchev–Trinajstić information content (AvgIpc) is 2.94. The number of amides is 2. The maximum Gasteiger partial charge on any atom is 0.317 e. The highest BCUT2D eigenvalue weighted by molar-refractivity contribution is 5.74. The molecule has 1 N–H and O–H groups in total. The third kappa shape index (κ3) is 4.08. The molecule has 1 unspecified atom stereocenters. The fourth-order valence-corrected chi connectivity index (χ4v) is 2.07. The van der Waals surface area contributed by atoms with Crippen LogP contribution in [0.15, 0.2) is 24.8 Å². The predicted octanol–water partition coefficient (Wildman–Crippen LogP) is 0.891. The van der Waals surface area contributed by atoms with Gasteiger partial charge in [0.15, 0.2) is 5.82 Å². The molecule has 0 saturated carbocycles. The van der Waals surface area contributed by atoms with Crippen molar-refractivity contribution in [1.82, 2.24) is 20.4 Å². The summed E-state index contributed by atoms with van der Waals surface area (Å²) >= 11 is 0. The molecule has 1 aromatic heterocycles. The van der Waals surface area contributed by atoms with E-state index in [1.165, 1.54) is 0 Å². The summed E-state index contributed by atoms with van der Waals surface area (Å²) in [6, 6.07) is 3.56. The third-order valence-corrected chi connectivity index (χ3v) is 3.20. The lowest BCUT2D eigenvalue weighted by atomic mass is 10.3. The summed E-state index contributed by atoms with van der Waals surface area (Å²) in [5.74, 6) is 1.26. The molecule has 0 spiro atoms. The Morgan fingerprint density at radius 1 is 1.57 bits per heavy atom. The number of urea groups is 1. The van der Waals surface area contributed by atoms with E-state index in [-0.39, 0.29) is 12.1 Å². The van der Waals surface area contributed by atoms with Gasteiger partial charge in [0.2, 0.25) is 5.88 Å². The Hall–Kier alpha value is -2.31. The number of hydrogen-bond acceptors (Lipinski definition) is 5. The lowest BCUT2D eigenvalue weighted by Crippen LogP contribution is -2.39. The van der Waals surface area contributed by atoms with Gasteiger partial charge in [-0.05, 0) is 6.07 Å². The zero-order valence-corrected chi connectivity index (χ0v) is 12.5. The van der Waals surface area contributed by atoms with E-state index >= 15 is 0 Å². The summed E-state index contributed by atoms with van der Waals surface area (Å²) in [6.07, 6.45) is 2.40. The number of hydrogen-bond donors (Lipinski definition) is 1. The van der Waals surface area contributed by atoms with Gasteiger partial charge in [-0.2, -0.15) is 0 Å². The van der Waals surface area contributed by atoms with Gasteiger partial charge in [-0.15, -0.1) is 16.8 Å². The molecule has 1 aliphatic rings. The highest BCUT2D eigenvalue weighted by Crippen LogP contribution is 2.17. The average molecular weight is 291 g/mol. The number of likely N-dealkylation sites (tertiary alicyclic amines) is 1. The summed E-state index contributed by atoms with van der Waals surface area (Å²) in [5.41, 5.74) is 0. The van der Waals surface area contributed by atoms with Crippen molar-refractivity contribution in [2.45, 2.75) is 12.5 Å². The first-order chi connectivity index (χ1) is 10.1. The highest BCUT2D eigenvalue weighted by atomic mass is 16.5. The van der Waals surface area contributed by atoms with Crippen LogP contribution in [0.3, 0.4) is 0 Å². The lowest BCUT2D eigenvalue weighted by molar-refractivity contribution is 0.182. The van der Waals surface area contributed by atoms with Gasteiger partial charge in [-0.25, -0.2) is 4.79 Å². The molecule has 2 amide bonds. The molecule has 21 heavy (non-hydrogen) atoms. The van der Waals surface area contributed by atoms with Crippen LogP contribution in [0.1, 0.15) is 6.42 Å². The Morgan fingerprint density at radius 3 is 3.00 bits per heavy atom.